The highest BCUT2D eigenvalue weighted by molar-refractivity contribution is 5.82. The van der Waals surface area contributed by atoms with Gasteiger partial charge in [-0.3, -0.25) is 4.57 Å². The number of nitrogens with one attached hydrogen (secondary N) is 2. The number of hydrogen-bond acceptors (Lipinski definition) is 8. The summed E-state index contributed by atoms with van der Waals surface area (Å²) in [7, 11) is 0. The van der Waals surface area contributed by atoms with Crippen LogP contribution in [0.15, 0.2) is 48.8 Å². The second-order valence-electron chi connectivity index (χ2n) is 9.14. The van der Waals surface area contributed by atoms with Gasteiger partial charge < -0.3 is 15.4 Å². The first-order chi connectivity index (χ1) is 18.8. The number of halogens is 3. The van der Waals surface area contributed by atoms with Gasteiger partial charge in [0, 0.05) is 42.7 Å². The molecule has 198 valence electrons. The van der Waals surface area contributed by atoms with Crippen LogP contribution in [0.5, 0.6) is 0 Å². The number of carbonyl (C=O) groups is 1. The SMILES string of the molecule is Cc1ccc(Nc2ccc3c(c2)ncn3-c2ccc(CC=O)c(-n3nc(C(F)(F)F)c4c3CCNC4)n2)nn1. The van der Waals surface area contributed by atoms with Crippen LogP contribution in [0.2, 0.25) is 0 Å². The van der Waals surface area contributed by atoms with E-state index < -0.39 is 11.9 Å². The van der Waals surface area contributed by atoms with Crippen LogP contribution in [0.4, 0.5) is 24.7 Å². The Hall–Kier alpha value is -4.65. The largest absolute Gasteiger partial charge is 0.435 e. The van der Waals surface area contributed by atoms with Crippen molar-refractivity contribution >= 4 is 28.8 Å². The first-order valence-electron chi connectivity index (χ1n) is 12.2. The molecular weight excluding hydrogens is 511 g/mol. The van der Waals surface area contributed by atoms with Crippen molar-refractivity contribution in [3.8, 4) is 11.6 Å². The fourth-order valence-electron chi connectivity index (χ4n) is 4.67. The Morgan fingerprint density at radius 2 is 2.00 bits per heavy atom. The van der Waals surface area contributed by atoms with Crippen molar-refractivity contribution in [1.29, 1.82) is 0 Å². The molecule has 0 aliphatic carbocycles. The van der Waals surface area contributed by atoms with Gasteiger partial charge in [0.1, 0.15) is 18.4 Å². The molecule has 4 aromatic heterocycles. The molecule has 5 aromatic rings. The number of imidazole rings is 1. The van der Waals surface area contributed by atoms with Crippen molar-refractivity contribution in [1.82, 2.24) is 39.8 Å². The number of pyridine rings is 1. The average molecular weight is 534 g/mol. The van der Waals surface area contributed by atoms with Crippen LogP contribution >= 0.6 is 0 Å². The molecule has 5 heterocycles. The number of nitrogens with zero attached hydrogens (tertiary/aromatic N) is 7. The maximum absolute atomic E-state index is 13.8. The van der Waals surface area contributed by atoms with E-state index in [2.05, 4.69) is 30.9 Å². The van der Waals surface area contributed by atoms with Gasteiger partial charge in [-0.25, -0.2) is 14.6 Å². The van der Waals surface area contributed by atoms with Gasteiger partial charge in [0.25, 0.3) is 0 Å². The average Bonchev–Trinajstić information content (AvgIpc) is 3.52. The van der Waals surface area contributed by atoms with E-state index in [1.54, 1.807) is 23.0 Å². The third kappa shape index (κ3) is 4.61. The topological polar surface area (TPSA) is 115 Å². The van der Waals surface area contributed by atoms with Crippen LogP contribution in [-0.2, 0) is 30.4 Å². The van der Waals surface area contributed by atoms with Crippen LogP contribution in [0.3, 0.4) is 0 Å². The number of aryl methyl sites for hydroxylation is 1. The molecule has 0 spiro atoms. The van der Waals surface area contributed by atoms with Gasteiger partial charge in [0.15, 0.2) is 17.3 Å². The number of aromatic nitrogens is 7. The summed E-state index contributed by atoms with van der Waals surface area (Å²) in [5.74, 6) is 1.21. The number of anilines is 2. The summed E-state index contributed by atoms with van der Waals surface area (Å²) in [5, 5.41) is 18.3. The number of fused-ring (bicyclic) bond motifs is 2. The normalized spacial score (nSPS) is 13.4. The minimum absolute atomic E-state index is 0.0154. The molecule has 0 amide bonds. The molecule has 39 heavy (non-hydrogen) atoms. The van der Waals surface area contributed by atoms with Gasteiger partial charge in [0.2, 0.25) is 0 Å². The Morgan fingerprint density at radius 3 is 2.77 bits per heavy atom. The summed E-state index contributed by atoms with van der Waals surface area (Å²) < 4.78 is 44.4. The third-order valence-electron chi connectivity index (χ3n) is 6.51. The third-order valence-corrected chi connectivity index (χ3v) is 6.51. The summed E-state index contributed by atoms with van der Waals surface area (Å²) in [4.78, 5) is 20.6. The highest BCUT2D eigenvalue weighted by atomic mass is 19.4. The highest BCUT2D eigenvalue weighted by Crippen LogP contribution is 2.35. The zero-order chi connectivity index (χ0) is 27.1. The number of benzene rings is 1. The van der Waals surface area contributed by atoms with Crippen LogP contribution in [0.1, 0.15) is 28.2 Å². The second kappa shape index (κ2) is 9.58. The molecule has 0 atom stereocenters. The molecule has 10 nitrogen and oxygen atoms in total. The highest BCUT2D eigenvalue weighted by Gasteiger charge is 2.40. The Balaban J connectivity index is 1.42. The quantitative estimate of drug-likeness (QED) is 0.316. The van der Waals surface area contributed by atoms with Crippen LogP contribution in [0, 0.1) is 6.92 Å². The van der Waals surface area contributed by atoms with E-state index in [0.717, 1.165) is 16.9 Å². The zero-order valence-electron chi connectivity index (χ0n) is 20.7. The van der Waals surface area contributed by atoms with E-state index in [-0.39, 0.29) is 24.3 Å². The summed E-state index contributed by atoms with van der Waals surface area (Å²) in [6, 6.07) is 12.6. The molecule has 2 N–H and O–H groups in total. The molecule has 0 unspecified atom stereocenters. The molecule has 0 saturated carbocycles. The number of alkyl halides is 3. The summed E-state index contributed by atoms with van der Waals surface area (Å²) in [5.41, 5.74) is 3.04. The minimum atomic E-state index is -4.62. The molecule has 13 heteroatoms. The summed E-state index contributed by atoms with van der Waals surface area (Å²) >= 11 is 0. The van der Waals surface area contributed by atoms with Crippen LogP contribution in [0.25, 0.3) is 22.7 Å². The van der Waals surface area contributed by atoms with E-state index in [9.17, 15) is 18.0 Å². The molecule has 0 fully saturated rings. The van der Waals surface area contributed by atoms with Crippen molar-refractivity contribution in [3.63, 3.8) is 0 Å². The first-order valence-corrected chi connectivity index (χ1v) is 12.2. The van der Waals surface area contributed by atoms with Crippen molar-refractivity contribution in [2.24, 2.45) is 0 Å². The van der Waals surface area contributed by atoms with Crippen molar-refractivity contribution in [2.75, 3.05) is 11.9 Å². The van der Waals surface area contributed by atoms with Crippen LogP contribution < -0.4 is 10.6 Å². The number of rotatable bonds is 6. The van der Waals surface area contributed by atoms with Crippen molar-refractivity contribution in [3.05, 3.63) is 77.0 Å². The van der Waals surface area contributed by atoms with E-state index in [4.69, 9.17) is 4.98 Å². The van der Waals surface area contributed by atoms with Gasteiger partial charge >= 0.3 is 6.18 Å². The fourth-order valence-corrected chi connectivity index (χ4v) is 4.67. The molecule has 1 aliphatic rings. The maximum atomic E-state index is 13.8. The lowest BCUT2D eigenvalue weighted by Crippen LogP contribution is -2.26. The predicted molar refractivity (Wildman–Crippen MR) is 136 cm³/mol. The number of carbonyl (C=O) groups excluding carboxylic acids is 1. The van der Waals surface area contributed by atoms with E-state index in [1.165, 1.54) is 4.68 Å². The van der Waals surface area contributed by atoms with Gasteiger partial charge in [-0.1, -0.05) is 6.07 Å². The lowest BCUT2D eigenvalue weighted by molar-refractivity contribution is -0.142. The standard InChI is InChI=1S/C26H22F3N9O/c1-15-2-6-22(35-34-15)32-17-4-5-21-19(12-17)31-14-37(21)23-7-3-16(9-11-39)25(33-23)38-20-8-10-30-13-18(20)24(36-38)26(27,28)29/h2-7,11-12,14,30H,8-10,13H2,1H3,(H,32,35). The molecule has 1 aliphatic heterocycles. The van der Waals surface area contributed by atoms with Gasteiger partial charge in [-0.05, 0) is 43.3 Å². The van der Waals surface area contributed by atoms with E-state index >= 15 is 0 Å². The van der Waals surface area contributed by atoms with E-state index in [0.29, 0.717) is 47.7 Å². The van der Waals surface area contributed by atoms with Crippen molar-refractivity contribution < 1.29 is 18.0 Å². The summed E-state index contributed by atoms with van der Waals surface area (Å²) in [6.45, 7) is 2.42. The molecule has 6 rings (SSSR count). The molecule has 0 radical (unpaired) electrons. The molecule has 1 aromatic carbocycles. The van der Waals surface area contributed by atoms with Gasteiger partial charge in [-0.15, -0.1) is 5.10 Å². The zero-order valence-corrected chi connectivity index (χ0v) is 20.7. The lowest BCUT2D eigenvalue weighted by Gasteiger charge is -2.17. The monoisotopic (exact) mass is 533 g/mol. The Labute approximate surface area is 219 Å². The minimum Gasteiger partial charge on any atom is -0.339 e. The Bertz CT molecular complexity index is 1690. The number of hydrogen-bond donors (Lipinski definition) is 2. The number of aldehydes is 1. The van der Waals surface area contributed by atoms with E-state index in [1.807, 2.05) is 37.3 Å². The van der Waals surface area contributed by atoms with Gasteiger partial charge in [0.05, 0.1) is 22.4 Å². The summed E-state index contributed by atoms with van der Waals surface area (Å²) in [6.07, 6.45) is -2.00. The Morgan fingerprint density at radius 1 is 1.13 bits per heavy atom. The molecular formula is C26H22F3N9O. The second-order valence-corrected chi connectivity index (χ2v) is 9.14. The molecule has 0 saturated heterocycles. The molecule has 0 bridgehead atoms. The van der Waals surface area contributed by atoms with Crippen molar-refractivity contribution in [2.45, 2.75) is 32.5 Å². The first kappa shape index (κ1) is 24.7. The van der Waals surface area contributed by atoms with Gasteiger partial charge in [-0.2, -0.15) is 23.4 Å². The fraction of sp³-hybridized carbons (Fsp3) is 0.231. The predicted octanol–water partition coefficient (Wildman–Crippen LogP) is 3.85. The smallest absolute Gasteiger partial charge is 0.339 e. The Kier molecular flexibility index (Phi) is 6.06. The maximum Gasteiger partial charge on any atom is 0.435 e. The lowest BCUT2D eigenvalue weighted by atomic mass is 10.1. The van der Waals surface area contributed by atoms with Crippen LogP contribution in [-0.4, -0.2) is 47.3 Å².